The molecule has 2 aromatic rings. The summed E-state index contributed by atoms with van der Waals surface area (Å²) in [5, 5.41) is 2.20. The Hall–Kier alpha value is -2.12. The first kappa shape index (κ1) is 20.2. The molecule has 2 aliphatic heterocycles. The summed E-state index contributed by atoms with van der Waals surface area (Å²) in [6.07, 6.45) is 2.23. The molecule has 0 aliphatic carbocycles. The second-order valence-corrected chi connectivity index (χ2v) is 8.60. The Labute approximate surface area is 179 Å². The van der Waals surface area contributed by atoms with E-state index < -0.39 is 0 Å². The molecule has 0 spiro atoms. The van der Waals surface area contributed by atoms with Crippen LogP contribution < -0.4 is 4.74 Å². The smallest absolute Gasteiger partial charge is 0.260 e. The molecule has 2 aromatic carbocycles. The number of nitrogens with zero attached hydrogens (tertiary/aromatic N) is 3. The molecule has 2 saturated heterocycles. The first-order valence-corrected chi connectivity index (χ1v) is 11.0. The third kappa shape index (κ3) is 5.08. The SMILES string of the molecule is O=C(COc1ccc2cc(Br)ccc2c1)N1CCN(CC(=O)N2CCCC2)CC1. The molecule has 0 atom stereocenters. The van der Waals surface area contributed by atoms with Gasteiger partial charge in [0.25, 0.3) is 5.91 Å². The van der Waals surface area contributed by atoms with Crippen LogP contribution in [0.5, 0.6) is 5.75 Å². The summed E-state index contributed by atoms with van der Waals surface area (Å²) in [7, 11) is 0. The number of benzene rings is 2. The quantitative estimate of drug-likeness (QED) is 0.689. The predicted molar refractivity (Wildman–Crippen MR) is 116 cm³/mol. The lowest BCUT2D eigenvalue weighted by molar-refractivity contribution is -0.136. The largest absolute Gasteiger partial charge is 0.484 e. The van der Waals surface area contributed by atoms with Crippen molar-refractivity contribution in [3.63, 3.8) is 0 Å². The van der Waals surface area contributed by atoms with Crippen LogP contribution in [0.25, 0.3) is 10.8 Å². The average molecular weight is 460 g/mol. The van der Waals surface area contributed by atoms with E-state index in [9.17, 15) is 9.59 Å². The molecule has 154 valence electrons. The number of carbonyl (C=O) groups is 2. The molecule has 6 nitrogen and oxygen atoms in total. The Morgan fingerprint density at radius 1 is 0.828 bits per heavy atom. The first-order valence-electron chi connectivity index (χ1n) is 10.2. The zero-order chi connectivity index (χ0) is 20.2. The van der Waals surface area contributed by atoms with Gasteiger partial charge < -0.3 is 14.5 Å². The van der Waals surface area contributed by atoms with Crippen LogP contribution in [0.15, 0.2) is 40.9 Å². The van der Waals surface area contributed by atoms with Gasteiger partial charge in [-0.05, 0) is 47.9 Å². The second kappa shape index (κ2) is 9.13. The van der Waals surface area contributed by atoms with E-state index in [0.29, 0.717) is 25.4 Å². The maximum absolute atomic E-state index is 12.5. The zero-order valence-corrected chi connectivity index (χ0v) is 18.1. The Morgan fingerprint density at radius 2 is 1.48 bits per heavy atom. The van der Waals surface area contributed by atoms with Gasteiger partial charge in [-0.1, -0.05) is 28.1 Å². The Kier molecular flexibility index (Phi) is 6.35. The summed E-state index contributed by atoms with van der Waals surface area (Å²) in [6, 6.07) is 11.9. The number of hydrogen-bond acceptors (Lipinski definition) is 4. The molecular weight excluding hydrogens is 434 g/mol. The molecule has 0 unspecified atom stereocenters. The molecule has 4 rings (SSSR count). The molecule has 0 aromatic heterocycles. The Balaban J connectivity index is 1.23. The van der Waals surface area contributed by atoms with Crippen LogP contribution in [0.3, 0.4) is 0 Å². The van der Waals surface area contributed by atoms with Gasteiger partial charge in [-0.2, -0.15) is 0 Å². The van der Waals surface area contributed by atoms with Crippen LogP contribution in [-0.4, -0.2) is 78.9 Å². The van der Waals surface area contributed by atoms with E-state index in [-0.39, 0.29) is 18.4 Å². The van der Waals surface area contributed by atoms with E-state index in [2.05, 4.69) is 26.9 Å². The topological polar surface area (TPSA) is 53.1 Å². The third-order valence-electron chi connectivity index (χ3n) is 5.68. The van der Waals surface area contributed by atoms with Crippen molar-refractivity contribution in [2.75, 3.05) is 52.4 Å². The van der Waals surface area contributed by atoms with Gasteiger partial charge >= 0.3 is 0 Å². The van der Waals surface area contributed by atoms with Crippen molar-refractivity contribution in [2.24, 2.45) is 0 Å². The summed E-state index contributed by atoms with van der Waals surface area (Å²) >= 11 is 3.47. The van der Waals surface area contributed by atoms with Crippen molar-refractivity contribution >= 4 is 38.5 Å². The summed E-state index contributed by atoms with van der Waals surface area (Å²) in [6.45, 7) is 5.02. The van der Waals surface area contributed by atoms with E-state index in [4.69, 9.17) is 4.74 Å². The van der Waals surface area contributed by atoms with Crippen molar-refractivity contribution in [3.05, 3.63) is 40.9 Å². The van der Waals surface area contributed by atoms with Crippen LogP contribution in [0.1, 0.15) is 12.8 Å². The zero-order valence-electron chi connectivity index (χ0n) is 16.5. The van der Waals surface area contributed by atoms with E-state index in [1.54, 1.807) is 0 Å². The van der Waals surface area contributed by atoms with Crippen LogP contribution in [0, 0.1) is 0 Å². The third-order valence-corrected chi connectivity index (χ3v) is 6.17. The number of ether oxygens (including phenoxy) is 1. The molecule has 7 heteroatoms. The number of hydrogen-bond donors (Lipinski definition) is 0. The van der Waals surface area contributed by atoms with Gasteiger partial charge in [-0.3, -0.25) is 14.5 Å². The number of rotatable bonds is 5. The molecule has 0 bridgehead atoms. The average Bonchev–Trinajstić information content (AvgIpc) is 3.27. The van der Waals surface area contributed by atoms with Crippen molar-refractivity contribution < 1.29 is 14.3 Å². The second-order valence-electron chi connectivity index (χ2n) is 7.69. The lowest BCUT2D eigenvalue weighted by Gasteiger charge is -2.35. The molecule has 2 amide bonds. The van der Waals surface area contributed by atoms with Gasteiger partial charge in [0.15, 0.2) is 6.61 Å². The van der Waals surface area contributed by atoms with Gasteiger partial charge in [0, 0.05) is 43.7 Å². The summed E-state index contributed by atoms with van der Waals surface area (Å²) in [5.41, 5.74) is 0. The van der Waals surface area contributed by atoms with Crippen LogP contribution in [0.2, 0.25) is 0 Å². The number of amides is 2. The minimum absolute atomic E-state index is 0.00794. The van der Waals surface area contributed by atoms with Crippen LogP contribution >= 0.6 is 15.9 Å². The van der Waals surface area contributed by atoms with Crippen molar-refractivity contribution in [2.45, 2.75) is 12.8 Å². The van der Waals surface area contributed by atoms with E-state index in [1.165, 1.54) is 0 Å². The molecule has 29 heavy (non-hydrogen) atoms. The first-order chi connectivity index (χ1) is 14.1. The fourth-order valence-corrected chi connectivity index (χ4v) is 4.31. The van der Waals surface area contributed by atoms with Crippen LogP contribution in [-0.2, 0) is 9.59 Å². The fraction of sp³-hybridized carbons (Fsp3) is 0.455. The van der Waals surface area contributed by atoms with E-state index in [0.717, 1.165) is 54.3 Å². The lowest BCUT2D eigenvalue weighted by Crippen LogP contribution is -2.52. The molecule has 0 radical (unpaired) electrons. The summed E-state index contributed by atoms with van der Waals surface area (Å²) < 4.78 is 6.78. The molecule has 0 N–H and O–H groups in total. The maximum atomic E-state index is 12.5. The monoisotopic (exact) mass is 459 g/mol. The van der Waals surface area contributed by atoms with Crippen molar-refractivity contribution in [3.8, 4) is 5.75 Å². The van der Waals surface area contributed by atoms with Gasteiger partial charge in [-0.25, -0.2) is 0 Å². The number of carbonyl (C=O) groups excluding carboxylic acids is 2. The predicted octanol–water partition coefficient (Wildman–Crippen LogP) is 2.75. The van der Waals surface area contributed by atoms with Crippen LogP contribution in [0.4, 0.5) is 0 Å². The lowest BCUT2D eigenvalue weighted by atomic mass is 10.1. The molecule has 2 heterocycles. The van der Waals surface area contributed by atoms with Crippen molar-refractivity contribution in [1.29, 1.82) is 0 Å². The number of fused-ring (bicyclic) bond motifs is 1. The molecule has 2 fully saturated rings. The standard InChI is InChI=1S/C22H26BrN3O3/c23-19-5-3-18-14-20(6-4-17(18)13-19)29-16-22(28)26-11-9-24(10-12-26)15-21(27)25-7-1-2-8-25/h3-6,13-14H,1-2,7-12,15-16H2. The van der Waals surface area contributed by atoms with Gasteiger partial charge in [0.05, 0.1) is 6.54 Å². The minimum Gasteiger partial charge on any atom is -0.484 e. The highest BCUT2D eigenvalue weighted by Gasteiger charge is 2.25. The highest BCUT2D eigenvalue weighted by molar-refractivity contribution is 9.10. The van der Waals surface area contributed by atoms with Gasteiger partial charge in [-0.15, -0.1) is 0 Å². The maximum Gasteiger partial charge on any atom is 0.260 e. The number of likely N-dealkylation sites (tertiary alicyclic amines) is 1. The molecular formula is C22H26BrN3O3. The number of piperazine rings is 1. The molecule has 0 saturated carbocycles. The molecule has 2 aliphatic rings. The van der Waals surface area contributed by atoms with Gasteiger partial charge in [0.1, 0.15) is 5.75 Å². The van der Waals surface area contributed by atoms with E-state index >= 15 is 0 Å². The van der Waals surface area contributed by atoms with E-state index in [1.807, 2.05) is 40.1 Å². The number of halogens is 1. The van der Waals surface area contributed by atoms with Gasteiger partial charge in [0.2, 0.25) is 5.91 Å². The summed E-state index contributed by atoms with van der Waals surface area (Å²) in [5.74, 6) is 0.906. The Morgan fingerprint density at radius 3 is 2.24 bits per heavy atom. The Bertz CT molecular complexity index is 890. The highest BCUT2D eigenvalue weighted by atomic mass is 79.9. The fourth-order valence-electron chi connectivity index (χ4n) is 3.93. The highest BCUT2D eigenvalue weighted by Crippen LogP contribution is 2.24. The normalized spacial score (nSPS) is 17.7. The summed E-state index contributed by atoms with van der Waals surface area (Å²) in [4.78, 5) is 30.7. The van der Waals surface area contributed by atoms with Crippen molar-refractivity contribution in [1.82, 2.24) is 14.7 Å². The minimum atomic E-state index is -0.00794.